The lowest BCUT2D eigenvalue weighted by Gasteiger charge is -2.15. The first-order chi connectivity index (χ1) is 12.6. The van der Waals surface area contributed by atoms with Crippen LogP contribution in [0.3, 0.4) is 0 Å². The minimum Gasteiger partial charge on any atom is -0.481 e. The van der Waals surface area contributed by atoms with E-state index < -0.39 is 12.0 Å². The summed E-state index contributed by atoms with van der Waals surface area (Å²) in [4.78, 5) is 24.0. The number of carbonyl (C=O) groups is 2. The van der Waals surface area contributed by atoms with Crippen molar-refractivity contribution in [2.75, 3.05) is 0 Å². The summed E-state index contributed by atoms with van der Waals surface area (Å²) in [5, 5.41) is 2.14. The van der Waals surface area contributed by atoms with Crippen LogP contribution < -0.4 is 15.6 Å². The van der Waals surface area contributed by atoms with E-state index in [9.17, 15) is 9.59 Å². The molecule has 0 aromatic heterocycles. The van der Waals surface area contributed by atoms with Crippen molar-refractivity contribution >= 4 is 22.6 Å². The molecule has 0 saturated heterocycles. The van der Waals surface area contributed by atoms with E-state index in [1.807, 2.05) is 72.8 Å². The summed E-state index contributed by atoms with van der Waals surface area (Å²) in [6.45, 7) is 1.63. The van der Waals surface area contributed by atoms with Gasteiger partial charge in [-0.1, -0.05) is 60.7 Å². The van der Waals surface area contributed by atoms with Gasteiger partial charge in [0.1, 0.15) is 5.75 Å². The normalized spacial score (nSPS) is 11.6. The number of nitrogens with one attached hydrogen (secondary N) is 2. The van der Waals surface area contributed by atoms with Gasteiger partial charge in [0.15, 0.2) is 6.10 Å². The van der Waals surface area contributed by atoms with Gasteiger partial charge in [0.05, 0.1) is 6.42 Å². The third-order valence-electron chi connectivity index (χ3n) is 3.94. The zero-order valence-electron chi connectivity index (χ0n) is 14.4. The summed E-state index contributed by atoms with van der Waals surface area (Å²) in [6.07, 6.45) is -0.547. The average Bonchev–Trinajstić information content (AvgIpc) is 2.66. The predicted molar refractivity (Wildman–Crippen MR) is 100 cm³/mol. The zero-order valence-corrected chi connectivity index (χ0v) is 14.4. The van der Waals surface area contributed by atoms with Crippen LogP contribution >= 0.6 is 0 Å². The third kappa shape index (κ3) is 4.60. The first-order valence-electron chi connectivity index (χ1n) is 8.40. The maximum Gasteiger partial charge on any atom is 0.279 e. The molecule has 0 aliphatic rings. The first-order valence-corrected chi connectivity index (χ1v) is 8.40. The van der Waals surface area contributed by atoms with E-state index in [0.29, 0.717) is 5.75 Å². The van der Waals surface area contributed by atoms with Gasteiger partial charge in [-0.15, -0.1) is 0 Å². The molecule has 3 rings (SSSR count). The standard InChI is InChI=1S/C21H20N2O3/c1-15(26-19-12-11-17-9-5-6-10-18(17)14-19)21(25)23-22-20(24)13-16-7-3-2-4-8-16/h2-12,14-15H,13H2,1H3,(H,22,24)(H,23,25). The first kappa shape index (κ1) is 17.5. The number of hydrogen-bond donors (Lipinski definition) is 2. The second-order valence-electron chi connectivity index (χ2n) is 5.97. The van der Waals surface area contributed by atoms with E-state index in [4.69, 9.17) is 4.74 Å². The Balaban J connectivity index is 1.51. The molecule has 1 atom stereocenters. The molecule has 0 radical (unpaired) electrons. The lowest BCUT2D eigenvalue weighted by Crippen LogP contribution is -2.47. The van der Waals surface area contributed by atoms with Crippen LogP contribution in [0.15, 0.2) is 72.8 Å². The Bertz CT molecular complexity index is 909. The Hall–Kier alpha value is -3.34. The fraction of sp³-hybridized carbons (Fsp3) is 0.143. The van der Waals surface area contributed by atoms with E-state index in [-0.39, 0.29) is 12.3 Å². The lowest BCUT2D eigenvalue weighted by atomic mass is 10.1. The number of fused-ring (bicyclic) bond motifs is 1. The molecule has 0 aliphatic carbocycles. The number of hydrazine groups is 1. The molecule has 0 spiro atoms. The summed E-state index contributed by atoms with van der Waals surface area (Å²) in [5.74, 6) is -0.107. The van der Waals surface area contributed by atoms with Gasteiger partial charge in [0.2, 0.25) is 5.91 Å². The molecule has 0 heterocycles. The SMILES string of the molecule is CC(Oc1ccc2ccccc2c1)C(=O)NNC(=O)Cc1ccccc1. The minimum atomic E-state index is -0.742. The van der Waals surface area contributed by atoms with Crippen molar-refractivity contribution < 1.29 is 14.3 Å². The second-order valence-corrected chi connectivity index (χ2v) is 5.97. The summed E-state index contributed by atoms with van der Waals surface area (Å²) in [6, 6.07) is 22.9. The molecule has 0 aliphatic heterocycles. The number of hydrogen-bond acceptors (Lipinski definition) is 3. The van der Waals surface area contributed by atoms with E-state index >= 15 is 0 Å². The zero-order chi connectivity index (χ0) is 18.4. The van der Waals surface area contributed by atoms with Crippen LogP contribution in [-0.4, -0.2) is 17.9 Å². The highest BCUT2D eigenvalue weighted by Crippen LogP contribution is 2.21. The van der Waals surface area contributed by atoms with Crippen molar-refractivity contribution in [1.29, 1.82) is 0 Å². The molecule has 0 saturated carbocycles. The van der Waals surface area contributed by atoms with Gasteiger partial charge in [-0.25, -0.2) is 0 Å². The molecule has 0 bridgehead atoms. The molecule has 5 heteroatoms. The summed E-state index contributed by atoms with van der Waals surface area (Å²) >= 11 is 0. The van der Waals surface area contributed by atoms with E-state index in [1.54, 1.807) is 6.92 Å². The van der Waals surface area contributed by atoms with Gasteiger partial charge < -0.3 is 4.74 Å². The van der Waals surface area contributed by atoms with Gasteiger partial charge >= 0.3 is 0 Å². The van der Waals surface area contributed by atoms with Crippen LogP contribution in [0, 0.1) is 0 Å². The van der Waals surface area contributed by atoms with Gasteiger partial charge in [0, 0.05) is 0 Å². The molecule has 26 heavy (non-hydrogen) atoms. The number of amides is 2. The van der Waals surface area contributed by atoms with Crippen LogP contribution in [-0.2, 0) is 16.0 Å². The molecule has 2 amide bonds. The summed E-state index contributed by atoms with van der Waals surface area (Å²) < 4.78 is 5.67. The molecule has 3 aromatic rings. The Kier molecular flexibility index (Phi) is 5.49. The fourth-order valence-electron chi connectivity index (χ4n) is 2.56. The summed E-state index contributed by atoms with van der Waals surface area (Å²) in [5.41, 5.74) is 5.68. The quantitative estimate of drug-likeness (QED) is 0.697. The van der Waals surface area contributed by atoms with Crippen molar-refractivity contribution in [1.82, 2.24) is 10.9 Å². The predicted octanol–water partition coefficient (Wildman–Crippen LogP) is 3.00. The topological polar surface area (TPSA) is 67.4 Å². The fourth-order valence-corrected chi connectivity index (χ4v) is 2.56. The van der Waals surface area contributed by atoms with Crippen molar-refractivity contribution in [3.63, 3.8) is 0 Å². The number of carbonyl (C=O) groups excluding carboxylic acids is 2. The molecule has 0 fully saturated rings. The van der Waals surface area contributed by atoms with Crippen molar-refractivity contribution in [2.45, 2.75) is 19.4 Å². The third-order valence-corrected chi connectivity index (χ3v) is 3.94. The number of benzene rings is 3. The Morgan fingerprint density at radius 3 is 2.35 bits per heavy atom. The molecule has 132 valence electrons. The van der Waals surface area contributed by atoms with E-state index in [0.717, 1.165) is 16.3 Å². The van der Waals surface area contributed by atoms with Crippen LogP contribution in [0.4, 0.5) is 0 Å². The highest BCUT2D eigenvalue weighted by atomic mass is 16.5. The summed E-state index contributed by atoms with van der Waals surface area (Å²) in [7, 11) is 0. The lowest BCUT2D eigenvalue weighted by molar-refractivity contribution is -0.132. The monoisotopic (exact) mass is 348 g/mol. The molecular formula is C21H20N2O3. The van der Waals surface area contributed by atoms with E-state index in [2.05, 4.69) is 10.9 Å². The average molecular weight is 348 g/mol. The Morgan fingerprint density at radius 2 is 1.58 bits per heavy atom. The maximum absolute atomic E-state index is 12.1. The minimum absolute atomic E-state index is 0.195. The molecule has 5 nitrogen and oxygen atoms in total. The highest BCUT2D eigenvalue weighted by molar-refractivity contribution is 5.86. The number of rotatable bonds is 5. The Labute approximate surface area is 152 Å². The van der Waals surface area contributed by atoms with E-state index in [1.165, 1.54) is 0 Å². The van der Waals surface area contributed by atoms with Crippen molar-refractivity contribution in [3.8, 4) is 5.75 Å². The van der Waals surface area contributed by atoms with Crippen LogP contribution in [0.5, 0.6) is 5.75 Å². The molecule has 1 unspecified atom stereocenters. The van der Waals surface area contributed by atoms with Gasteiger partial charge in [0.25, 0.3) is 5.91 Å². The van der Waals surface area contributed by atoms with Crippen molar-refractivity contribution in [3.05, 3.63) is 78.4 Å². The number of ether oxygens (including phenoxy) is 1. The van der Waals surface area contributed by atoms with Gasteiger partial charge in [-0.2, -0.15) is 0 Å². The Morgan fingerprint density at radius 1 is 0.885 bits per heavy atom. The maximum atomic E-state index is 12.1. The highest BCUT2D eigenvalue weighted by Gasteiger charge is 2.15. The van der Waals surface area contributed by atoms with Crippen LogP contribution in [0.1, 0.15) is 12.5 Å². The van der Waals surface area contributed by atoms with Crippen LogP contribution in [0.25, 0.3) is 10.8 Å². The van der Waals surface area contributed by atoms with Crippen molar-refractivity contribution in [2.24, 2.45) is 0 Å². The molecule has 3 aromatic carbocycles. The largest absolute Gasteiger partial charge is 0.481 e. The van der Waals surface area contributed by atoms with Crippen LogP contribution in [0.2, 0.25) is 0 Å². The second kappa shape index (κ2) is 8.16. The van der Waals surface area contributed by atoms with Gasteiger partial charge in [-0.05, 0) is 35.4 Å². The molecule has 2 N–H and O–H groups in total. The van der Waals surface area contributed by atoms with Gasteiger partial charge in [-0.3, -0.25) is 20.4 Å². The smallest absolute Gasteiger partial charge is 0.279 e. The molecular weight excluding hydrogens is 328 g/mol.